The van der Waals surface area contributed by atoms with Crippen LogP contribution in [0.2, 0.25) is 0 Å². The van der Waals surface area contributed by atoms with Crippen molar-refractivity contribution in [1.82, 2.24) is 0 Å². The van der Waals surface area contributed by atoms with Crippen molar-refractivity contribution in [1.29, 1.82) is 0 Å². The highest BCUT2D eigenvalue weighted by Crippen LogP contribution is 2.70. The number of aldehydes is 1. The molecular weight excluding hydrogens is 418 g/mol. The number of carboxylic acids is 1. The van der Waals surface area contributed by atoms with Gasteiger partial charge in [0, 0.05) is 5.92 Å². The molecule has 5 unspecified atom stereocenters. The highest BCUT2D eigenvalue weighted by molar-refractivity contribution is 7.98. The van der Waals surface area contributed by atoms with Crippen LogP contribution in [0, 0.1) is 29.1 Å². The summed E-state index contributed by atoms with van der Waals surface area (Å²) in [6.45, 7) is 6.40. The molecule has 0 aliphatic heterocycles. The minimum absolute atomic E-state index is 0.222. The Hall–Kier alpha value is -1.85. The number of thioether (sulfide) groups is 1. The van der Waals surface area contributed by atoms with Crippen LogP contribution >= 0.6 is 11.8 Å². The standard InChI is InChI=1S/C27H33NO3S/c1-15-7-22-20(16(15)2)5-4-6-21(22)24-19-9-17-8-18(10-19)12-26(24,11-17)23(13-32-3)27(28,14-29)25(30)31/h4-7,14,17-19,23-24H,2,8-13,28H2,1,3H3,(H,30,31). The average molecular weight is 452 g/mol. The van der Waals surface area contributed by atoms with E-state index in [9.17, 15) is 14.7 Å². The largest absolute Gasteiger partial charge is 0.480 e. The molecule has 5 aliphatic rings. The van der Waals surface area contributed by atoms with Gasteiger partial charge in [-0.25, -0.2) is 4.79 Å². The molecule has 4 fully saturated rings. The van der Waals surface area contributed by atoms with Crippen LogP contribution in [0.1, 0.15) is 61.6 Å². The number of rotatable bonds is 7. The van der Waals surface area contributed by atoms with Gasteiger partial charge in [-0.1, -0.05) is 30.9 Å². The molecule has 0 amide bonds. The van der Waals surface area contributed by atoms with E-state index in [-0.39, 0.29) is 11.3 Å². The van der Waals surface area contributed by atoms with Crippen LogP contribution in [0.3, 0.4) is 0 Å². The molecule has 0 aromatic heterocycles. The van der Waals surface area contributed by atoms with Crippen LogP contribution in [0.15, 0.2) is 30.4 Å². The Morgan fingerprint density at radius 1 is 1.34 bits per heavy atom. The zero-order valence-corrected chi connectivity index (χ0v) is 19.8. The SMILES string of the molecule is C=C1C(C)=Cc2c1cccc2C1C2CC3CC(C2)CC1(C(CSC)C(N)(C=O)C(=O)O)C3. The number of fused-ring (bicyclic) bond motifs is 1. The van der Waals surface area contributed by atoms with Crippen LogP contribution in [-0.2, 0) is 9.59 Å². The van der Waals surface area contributed by atoms with E-state index in [1.165, 1.54) is 41.5 Å². The third kappa shape index (κ3) is 2.93. The van der Waals surface area contributed by atoms with Crippen molar-refractivity contribution in [3.63, 3.8) is 0 Å². The van der Waals surface area contributed by atoms with Gasteiger partial charge >= 0.3 is 5.97 Å². The zero-order valence-electron chi connectivity index (χ0n) is 19.0. The first kappa shape index (κ1) is 22.0. The van der Waals surface area contributed by atoms with Crippen LogP contribution in [0.4, 0.5) is 0 Å². The second kappa shape index (κ2) is 7.59. The maximum Gasteiger partial charge on any atom is 0.331 e. The number of aliphatic carboxylic acids is 1. The van der Waals surface area contributed by atoms with E-state index in [2.05, 4.69) is 37.8 Å². The molecule has 32 heavy (non-hydrogen) atoms. The number of nitrogens with two attached hydrogens (primary N) is 1. The molecule has 4 saturated carbocycles. The van der Waals surface area contributed by atoms with Gasteiger partial charge in [-0.3, -0.25) is 0 Å². The highest BCUT2D eigenvalue weighted by Gasteiger charge is 2.64. The van der Waals surface area contributed by atoms with Gasteiger partial charge in [0.2, 0.25) is 0 Å². The fraction of sp³-hybridized carbons (Fsp3) is 0.556. The Bertz CT molecular complexity index is 1020. The molecule has 0 heterocycles. The number of hydrogen-bond acceptors (Lipinski definition) is 4. The summed E-state index contributed by atoms with van der Waals surface area (Å²) in [4.78, 5) is 24.6. The lowest BCUT2D eigenvalue weighted by atomic mass is 9.39. The van der Waals surface area contributed by atoms with E-state index < -0.39 is 17.4 Å². The summed E-state index contributed by atoms with van der Waals surface area (Å²) in [6, 6.07) is 6.51. The number of hydrogen-bond donors (Lipinski definition) is 2. The maximum absolute atomic E-state index is 12.4. The predicted octanol–water partition coefficient (Wildman–Crippen LogP) is 4.99. The number of allylic oxidation sites excluding steroid dienone is 2. The fourth-order valence-corrected chi connectivity index (χ4v) is 9.13. The first-order valence-corrected chi connectivity index (χ1v) is 13.1. The smallest absolute Gasteiger partial charge is 0.331 e. The van der Waals surface area contributed by atoms with Gasteiger partial charge in [0.25, 0.3) is 0 Å². The van der Waals surface area contributed by atoms with Crippen molar-refractivity contribution in [2.45, 2.75) is 50.5 Å². The number of carbonyl (C=O) groups is 2. The summed E-state index contributed by atoms with van der Waals surface area (Å²) >= 11 is 1.61. The van der Waals surface area contributed by atoms with Gasteiger partial charge in [0.1, 0.15) is 0 Å². The van der Waals surface area contributed by atoms with Crippen molar-refractivity contribution < 1.29 is 14.7 Å². The van der Waals surface area contributed by atoms with Gasteiger partial charge in [-0.15, -0.1) is 0 Å². The lowest BCUT2D eigenvalue weighted by Crippen LogP contribution is -2.66. The molecule has 170 valence electrons. The van der Waals surface area contributed by atoms with E-state index >= 15 is 0 Å². The van der Waals surface area contributed by atoms with Crippen molar-refractivity contribution in [3.8, 4) is 0 Å². The lowest BCUT2D eigenvalue weighted by molar-refractivity contribution is -0.160. The Kier molecular flexibility index (Phi) is 5.21. The normalized spacial score (nSPS) is 35.2. The quantitative estimate of drug-likeness (QED) is 0.451. The molecule has 5 heteroatoms. The first-order valence-electron chi connectivity index (χ1n) is 11.7. The van der Waals surface area contributed by atoms with Crippen LogP contribution in [0.5, 0.6) is 0 Å². The Morgan fingerprint density at radius 3 is 2.62 bits per heavy atom. The molecule has 5 aliphatic carbocycles. The number of carbonyl (C=O) groups excluding carboxylic acids is 1. The average Bonchev–Trinajstić information content (AvgIpc) is 3.05. The summed E-state index contributed by atoms with van der Waals surface area (Å²) in [5.41, 5.74) is 10.4. The van der Waals surface area contributed by atoms with Gasteiger partial charge in [-0.2, -0.15) is 11.8 Å². The van der Waals surface area contributed by atoms with Crippen molar-refractivity contribution in [2.24, 2.45) is 34.8 Å². The summed E-state index contributed by atoms with van der Waals surface area (Å²) in [5, 5.41) is 10.1. The van der Waals surface area contributed by atoms with Crippen LogP contribution in [0.25, 0.3) is 11.6 Å². The molecule has 5 atom stereocenters. The first-order chi connectivity index (χ1) is 15.2. The molecule has 6 rings (SSSR count). The van der Waals surface area contributed by atoms with Crippen molar-refractivity contribution >= 4 is 35.7 Å². The fourth-order valence-electron chi connectivity index (χ4n) is 8.19. The van der Waals surface area contributed by atoms with E-state index in [4.69, 9.17) is 5.73 Å². The van der Waals surface area contributed by atoms with E-state index in [1.807, 2.05) is 6.26 Å². The van der Waals surface area contributed by atoms with E-state index in [0.717, 1.165) is 18.4 Å². The van der Waals surface area contributed by atoms with Gasteiger partial charge in [0.05, 0.1) is 0 Å². The van der Waals surface area contributed by atoms with E-state index in [0.29, 0.717) is 29.8 Å². The summed E-state index contributed by atoms with van der Waals surface area (Å²) < 4.78 is 0. The number of benzene rings is 1. The van der Waals surface area contributed by atoms with Crippen molar-refractivity contribution in [2.75, 3.05) is 12.0 Å². The third-order valence-corrected chi connectivity index (χ3v) is 9.84. The van der Waals surface area contributed by atoms with Crippen LogP contribution < -0.4 is 5.73 Å². The molecule has 0 radical (unpaired) electrons. The molecule has 0 spiro atoms. The zero-order chi connectivity index (χ0) is 22.8. The van der Waals surface area contributed by atoms with Gasteiger partial charge in [-0.05, 0) is 108 Å². The van der Waals surface area contributed by atoms with Gasteiger partial charge in [0.15, 0.2) is 11.8 Å². The Morgan fingerprint density at radius 2 is 2.03 bits per heavy atom. The lowest BCUT2D eigenvalue weighted by Gasteiger charge is -2.65. The monoisotopic (exact) mass is 451 g/mol. The summed E-state index contributed by atoms with van der Waals surface area (Å²) in [6.07, 6.45) is 10.4. The second-order valence-corrected chi connectivity index (χ2v) is 11.7. The molecular formula is C27H33NO3S. The molecule has 3 N–H and O–H groups in total. The molecule has 1 aromatic carbocycles. The summed E-state index contributed by atoms with van der Waals surface area (Å²) in [7, 11) is 0. The third-order valence-electron chi connectivity index (χ3n) is 9.17. The Labute approximate surface area is 194 Å². The maximum atomic E-state index is 12.4. The second-order valence-electron chi connectivity index (χ2n) is 10.8. The minimum Gasteiger partial charge on any atom is -0.480 e. The summed E-state index contributed by atoms with van der Waals surface area (Å²) in [5.74, 6) is 0.959. The molecule has 4 bridgehead atoms. The van der Waals surface area contributed by atoms with Gasteiger partial charge < -0.3 is 15.6 Å². The van der Waals surface area contributed by atoms with Crippen LogP contribution in [-0.4, -0.2) is 34.9 Å². The molecule has 4 nitrogen and oxygen atoms in total. The molecule has 0 saturated heterocycles. The molecule has 1 aromatic rings. The topological polar surface area (TPSA) is 80.4 Å². The Balaban J connectivity index is 1.72. The minimum atomic E-state index is -1.86. The highest BCUT2D eigenvalue weighted by atomic mass is 32.2. The predicted molar refractivity (Wildman–Crippen MR) is 130 cm³/mol. The number of carboxylic acid groups (broad SMARTS) is 1. The van der Waals surface area contributed by atoms with Crippen molar-refractivity contribution in [3.05, 3.63) is 47.0 Å². The van der Waals surface area contributed by atoms with E-state index in [1.54, 1.807) is 11.8 Å².